The minimum Gasteiger partial charge on any atom is -0.376 e. The maximum atomic E-state index is 5.35. The van der Waals surface area contributed by atoms with E-state index in [0.717, 1.165) is 17.7 Å². The van der Waals surface area contributed by atoms with Gasteiger partial charge in [-0.25, -0.2) is 0 Å². The second-order valence-corrected chi connectivity index (χ2v) is 3.85. The van der Waals surface area contributed by atoms with E-state index in [1.807, 2.05) is 37.3 Å². The van der Waals surface area contributed by atoms with Gasteiger partial charge in [0.15, 0.2) is 0 Å². The summed E-state index contributed by atoms with van der Waals surface area (Å²) in [6.45, 7) is 8.56. The first-order valence-electron chi connectivity index (χ1n) is 5.76. The Hall–Kier alpha value is -1.56. The Bertz CT molecular complexity index is 386. The molecule has 2 heteroatoms. The first-order valence-corrected chi connectivity index (χ1v) is 5.76. The predicted molar refractivity (Wildman–Crippen MR) is 71.8 cm³/mol. The minimum atomic E-state index is 0.636. The molecule has 0 bridgehead atoms. The fourth-order valence-electron chi connectivity index (χ4n) is 1.21. The molecule has 0 aromatic heterocycles. The molecule has 1 aromatic rings. The van der Waals surface area contributed by atoms with Crippen molar-refractivity contribution in [3.8, 4) is 11.8 Å². The van der Waals surface area contributed by atoms with Gasteiger partial charge in [-0.2, -0.15) is 0 Å². The SMILES string of the molecule is C=C(C)COCCNCC#Cc1ccccc1. The van der Waals surface area contributed by atoms with Crippen LogP contribution in [0.3, 0.4) is 0 Å². The van der Waals surface area contributed by atoms with Crippen LogP contribution in [0, 0.1) is 11.8 Å². The van der Waals surface area contributed by atoms with E-state index in [9.17, 15) is 0 Å². The summed E-state index contributed by atoms with van der Waals surface area (Å²) in [6.07, 6.45) is 0. The second kappa shape index (κ2) is 8.58. The van der Waals surface area contributed by atoms with Gasteiger partial charge >= 0.3 is 0 Å². The van der Waals surface area contributed by atoms with Crippen LogP contribution < -0.4 is 5.32 Å². The number of benzene rings is 1. The molecule has 0 radical (unpaired) electrons. The Morgan fingerprint density at radius 3 is 2.82 bits per heavy atom. The van der Waals surface area contributed by atoms with Crippen molar-refractivity contribution in [2.75, 3.05) is 26.3 Å². The normalized spacial score (nSPS) is 9.47. The molecule has 17 heavy (non-hydrogen) atoms. The van der Waals surface area contributed by atoms with Gasteiger partial charge in [0.1, 0.15) is 0 Å². The molecule has 2 nitrogen and oxygen atoms in total. The van der Waals surface area contributed by atoms with E-state index < -0.39 is 0 Å². The van der Waals surface area contributed by atoms with Crippen LogP contribution in [0.1, 0.15) is 12.5 Å². The zero-order valence-corrected chi connectivity index (χ0v) is 10.3. The maximum Gasteiger partial charge on any atom is 0.0672 e. The number of nitrogens with one attached hydrogen (secondary N) is 1. The van der Waals surface area contributed by atoms with Gasteiger partial charge in [-0.05, 0) is 19.1 Å². The van der Waals surface area contributed by atoms with Crippen molar-refractivity contribution in [2.45, 2.75) is 6.92 Å². The molecule has 0 aliphatic heterocycles. The maximum absolute atomic E-state index is 5.35. The van der Waals surface area contributed by atoms with Crippen molar-refractivity contribution >= 4 is 0 Å². The lowest BCUT2D eigenvalue weighted by molar-refractivity contribution is 0.159. The molecule has 0 aliphatic carbocycles. The van der Waals surface area contributed by atoms with Gasteiger partial charge in [0.2, 0.25) is 0 Å². The van der Waals surface area contributed by atoms with Crippen molar-refractivity contribution in [1.29, 1.82) is 0 Å². The van der Waals surface area contributed by atoms with Gasteiger partial charge < -0.3 is 10.1 Å². The molecule has 0 amide bonds. The third kappa shape index (κ3) is 7.35. The molecular formula is C15H19NO. The van der Waals surface area contributed by atoms with Gasteiger partial charge in [0.05, 0.1) is 19.8 Å². The largest absolute Gasteiger partial charge is 0.376 e. The fraction of sp³-hybridized carbons (Fsp3) is 0.333. The van der Waals surface area contributed by atoms with E-state index in [0.29, 0.717) is 19.8 Å². The van der Waals surface area contributed by atoms with Crippen LogP contribution in [0.2, 0.25) is 0 Å². The zero-order valence-electron chi connectivity index (χ0n) is 10.3. The number of hydrogen-bond acceptors (Lipinski definition) is 2. The Labute approximate surface area is 104 Å². The summed E-state index contributed by atoms with van der Waals surface area (Å²) in [5.74, 6) is 6.15. The summed E-state index contributed by atoms with van der Waals surface area (Å²) >= 11 is 0. The smallest absolute Gasteiger partial charge is 0.0672 e. The van der Waals surface area contributed by atoms with E-state index in [2.05, 4.69) is 23.7 Å². The molecule has 0 heterocycles. The van der Waals surface area contributed by atoms with E-state index in [4.69, 9.17) is 4.74 Å². The van der Waals surface area contributed by atoms with Crippen molar-refractivity contribution in [1.82, 2.24) is 5.32 Å². The van der Waals surface area contributed by atoms with Gasteiger partial charge in [-0.3, -0.25) is 0 Å². The molecular weight excluding hydrogens is 210 g/mol. The highest BCUT2D eigenvalue weighted by Crippen LogP contribution is 1.94. The molecule has 0 aliphatic rings. The molecule has 0 atom stereocenters. The molecule has 90 valence electrons. The zero-order chi connectivity index (χ0) is 12.3. The molecule has 0 saturated carbocycles. The van der Waals surface area contributed by atoms with Crippen LogP contribution >= 0.6 is 0 Å². The summed E-state index contributed by atoms with van der Waals surface area (Å²) in [5, 5.41) is 3.20. The lowest BCUT2D eigenvalue weighted by Crippen LogP contribution is -2.20. The van der Waals surface area contributed by atoms with Crippen LogP contribution in [0.25, 0.3) is 0 Å². The third-order valence-corrected chi connectivity index (χ3v) is 1.99. The van der Waals surface area contributed by atoms with Crippen molar-refractivity contribution < 1.29 is 4.74 Å². The summed E-state index contributed by atoms with van der Waals surface area (Å²) in [6, 6.07) is 9.97. The number of rotatable bonds is 6. The van der Waals surface area contributed by atoms with Crippen LogP contribution in [-0.2, 0) is 4.74 Å². The van der Waals surface area contributed by atoms with E-state index >= 15 is 0 Å². The summed E-state index contributed by atoms with van der Waals surface area (Å²) in [4.78, 5) is 0. The fourth-order valence-corrected chi connectivity index (χ4v) is 1.21. The monoisotopic (exact) mass is 229 g/mol. The first kappa shape index (κ1) is 13.5. The highest BCUT2D eigenvalue weighted by atomic mass is 16.5. The predicted octanol–water partition coefficient (Wildman–Crippen LogP) is 2.22. The average Bonchev–Trinajstić information content (AvgIpc) is 2.33. The van der Waals surface area contributed by atoms with Crippen LogP contribution in [0.5, 0.6) is 0 Å². The molecule has 1 aromatic carbocycles. The minimum absolute atomic E-state index is 0.636. The van der Waals surface area contributed by atoms with E-state index in [1.165, 1.54) is 0 Å². The van der Waals surface area contributed by atoms with Gasteiger partial charge in [0, 0.05) is 12.1 Å². The number of ether oxygens (including phenoxy) is 1. The topological polar surface area (TPSA) is 21.3 Å². The standard InChI is InChI=1S/C15H19NO/c1-14(2)13-17-12-11-16-10-6-9-15-7-4-3-5-8-15/h3-5,7-8,16H,1,10-13H2,2H3. The van der Waals surface area contributed by atoms with E-state index in [1.54, 1.807) is 0 Å². The highest BCUT2D eigenvalue weighted by molar-refractivity contribution is 5.33. The number of hydrogen-bond donors (Lipinski definition) is 1. The first-order chi connectivity index (χ1) is 8.29. The third-order valence-electron chi connectivity index (χ3n) is 1.99. The summed E-state index contributed by atoms with van der Waals surface area (Å²) < 4.78 is 5.35. The quantitative estimate of drug-likeness (QED) is 0.459. The Morgan fingerprint density at radius 1 is 1.35 bits per heavy atom. The lowest BCUT2D eigenvalue weighted by atomic mass is 10.2. The Balaban J connectivity index is 2.05. The van der Waals surface area contributed by atoms with Crippen molar-refractivity contribution in [3.05, 3.63) is 48.0 Å². The second-order valence-electron chi connectivity index (χ2n) is 3.85. The van der Waals surface area contributed by atoms with Crippen molar-refractivity contribution in [3.63, 3.8) is 0 Å². The lowest BCUT2D eigenvalue weighted by Gasteiger charge is -2.02. The molecule has 0 unspecified atom stereocenters. The van der Waals surface area contributed by atoms with Gasteiger partial charge in [-0.1, -0.05) is 42.2 Å². The molecule has 0 spiro atoms. The van der Waals surface area contributed by atoms with Crippen LogP contribution in [-0.4, -0.2) is 26.3 Å². The summed E-state index contributed by atoms with van der Waals surface area (Å²) in [5.41, 5.74) is 2.10. The Kier molecular flexibility index (Phi) is 6.81. The highest BCUT2D eigenvalue weighted by Gasteiger charge is 1.87. The summed E-state index contributed by atoms with van der Waals surface area (Å²) in [7, 11) is 0. The van der Waals surface area contributed by atoms with Gasteiger partial charge in [-0.15, -0.1) is 0 Å². The van der Waals surface area contributed by atoms with Crippen LogP contribution in [0.15, 0.2) is 42.5 Å². The van der Waals surface area contributed by atoms with E-state index in [-0.39, 0.29) is 0 Å². The van der Waals surface area contributed by atoms with Crippen molar-refractivity contribution in [2.24, 2.45) is 0 Å². The average molecular weight is 229 g/mol. The molecule has 1 N–H and O–H groups in total. The Morgan fingerprint density at radius 2 is 2.12 bits per heavy atom. The van der Waals surface area contributed by atoms with Gasteiger partial charge in [0.25, 0.3) is 0 Å². The van der Waals surface area contributed by atoms with Crippen LogP contribution in [0.4, 0.5) is 0 Å². The molecule has 0 fully saturated rings. The molecule has 0 saturated heterocycles. The molecule has 1 rings (SSSR count).